The number of aromatic nitrogens is 1. The third-order valence-electron chi connectivity index (χ3n) is 4.34. The van der Waals surface area contributed by atoms with Crippen LogP contribution in [0.3, 0.4) is 0 Å². The van der Waals surface area contributed by atoms with Crippen molar-refractivity contribution in [1.82, 2.24) is 4.98 Å². The van der Waals surface area contributed by atoms with Gasteiger partial charge in [0.2, 0.25) is 0 Å². The lowest BCUT2D eigenvalue weighted by molar-refractivity contribution is -0.384. The number of allylic oxidation sites excluding steroid dienone is 1. The maximum Gasteiger partial charge on any atom is 0.269 e. The fourth-order valence-electron chi connectivity index (χ4n) is 2.83. The highest BCUT2D eigenvalue weighted by molar-refractivity contribution is 7.11. The van der Waals surface area contributed by atoms with Gasteiger partial charge in [-0.2, -0.15) is 5.26 Å². The highest BCUT2D eigenvalue weighted by Gasteiger charge is 2.13. The number of furan rings is 1. The highest BCUT2D eigenvalue weighted by atomic mass is 35.5. The average molecular weight is 468 g/mol. The van der Waals surface area contributed by atoms with E-state index < -0.39 is 4.92 Å². The molecule has 0 bridgehead atoms. The Morgan fingerprint density at radius 3 is 2.61 bits per heavy atom. The van der Waals surface area contributed by atoms with Crippen LogP contribution in [-0.2, 0) is 0 Å². The molecule has 0 radical (unpaired) electrons. The van der Waals surface area contributed by atoms with E-state index in [2.05, 4.69) is 11.1 Å². The lowest BCUT2D eigenvalue weighted by Crippen LogP contribution is -1.87. The van der Waals surface area contributed by atoms with Gasteiger partial charge in [-0.05, 0) is 42.5 Å². The van der Waals surface area contributed by atoms with E-state index in [-0.39, 0.29) is 5.69 Å². The van der Waals surface area contributed by atoms with E-state index in [9.17, 15) is 15.4 Å². The second kappa shape index (κ2) is 8.74. The molecule has 4 aromatic rings. The highest BCUT2D eigenvalue weighted by Crippen LogP contribution is 2.33. The maximum atomic E-state index is 10.8. The molecule has 4 rings (SSSR count). The van der Waals surface area contributed by atoms with Crippen LogP contribution < -0.4 is 0 Å². The van der Waals surface area contributed by atoms with Crippen molar-refractivity contribution in [3.05, 3.63) is 90.9 Å². The molecule has 0 aliphatic carbocycles. The minimum Gasteiger partial charge on any atom is -0.457 e. The molecule has 31 heavy (non-hydrogen) atoms. The normalized spacial score (nSPS) is 11.3. The van der Waals surface area contributed by atoms with E-state index >= 15 is 0 Å². The molecule has 2 heterocycles. The first-order valence-electron chi connectivity index (χ1n) is 8.82. The molecule has 0 atom stereocenters. The summed E-state index contributed by atoms with van der Waals surface area (Å²) < 4.78 is 5.83. The van der Waals surface area contributed by atoms with E-state index in [4.69, 9.17) is 27.6 Å². The number of rotatable bonds is 5. The molecule has 0 N–H and O–H groups in total. The first kappa shape index (κ1) is 20.8. The van der Waals surface area contributed by atoms with E-state index in [0.29, 0.717) is 43.4 Å². The quantitative estimate of drug-likeness (QED) is 0.173. The first-order valence-corrected chi connectivity index (χ1v) is 10.5. The summed E-state index contributed by atoms with van der Waals surface area (Å²) in [6, 6.07) is 16.8. The SMILES string of the molecule is N#C/C(=C\c1ccc(-c2ccc(Cl)cc2Cl)o1)c1nc(-c2ccc([N+](=O)[O-])cc2)cs1. The van der Waals surface area contributed by atoms with Gasteiger partial charge < -0.3 is 4.42 Å². The summed E-state index contributed by atoms with van der Waals surface area (Å²) in [6.45, 7) is 0. The number of halogens is 2. The van der Waals surface area contributed by atoms with Gasteiger partial charge in [0.1, 0.15) is 22.6 Å². The van der Waals surface area contributed by atoms with Gasteiger partial charge in [-0.3, -0.25) is 10.1 Å². The zero-order valence-electron chi connectivity index (χ0n) is 15.6. The van der Waals surface area contributed by atoms with Crippen molar-refractivity contribution in [2.75, 3.05) is 0 Å². The Morgan fingerprint density at radius 2 is 1.94 bits per heavy atom. The number of thiazole rings is 1. The van der Waals surface area contributed by atoms with Gasteiger partial charge in [0, 0.05) is 39.7 Å². The van der Waals surface area contributed by atoms with Crippen molar-refractivity contribution in [1.29, 1.82) is 5.26 Å². The summed E-state index contributed by atoms with van der Waals surface area (Å²) >= 11 is 13.5. The minimum atomic E-state index is -0.457. The zero-order chi connectivity index (χ0) is 22.0. The Labute approximate surface area is 190 Å². The number of hydrogen-bond donors (Lipinski definition) is 0. The molecule has 0 fully saturated rings. The lowest BCUT2D eigenvalue weighted by atomic mass is 10.1. The Morgan fingerprint density at radius 1 is 1.16 bits per heavy atom. The second-order valence-electron chi connectivity index (χ2n) is 6.34. The molecule has 0 unspecified atom stereocenters. The van der Waals surface area contributed by atoms with Crippen LogP contribution >= 0.6 is 34.5 Å². The number of nitrogens with zero attached hydrogens (tertiary/aromatic N) is 3. The predicted molar refractivity (Wildman–Crippen MR) is 122 cm³/mol. The largest absolute Gasteiger partial charge is 0.457 e. The van der Waals surface area contributed by atoms with Crippen LogP contribution in [0, 0.1) is 21.4 Å². The molecule has 0 aliphatic rings. The number of non-ortho nitro benzene ring substituents is 1. The van der Waals surface area contributed by atoms with Gasteiger partial charge in [-0.1, -0.05) is 23.2 Å². The topological polar surface area (TPSA) is 93.0 Å². The van der Waals surface area contributed by atoms with E-state index in [1.807, 2.05) is 0 Å². The predicted octanol–water partition coefficient (Wildman–Crippen LogP) is 7.35. The fraction of sp³-hybridized carbons (Fsp3) is 0. The molecule has 0 spiro atoms. The molecule has 0 saturated carbocycles. The van der Waals surface area contributed by atoms with Gasteiger partial charge in [0.05, 0.1) is 21.2 Å². The monoisotopic (exact) mass is 467 g/mol. The summed E-state index contributed by atoms with van der Waals surface area (Å²) in [5.41, 5.74) is 2.39. The summed E-state index contributed by atoms with van der Waals surface area (Å²) in [5.74, 6) is 1.03. The molecule has 0 aliphatic heterocycles. The number of nitro groups is 1. The molecule has 0 amide bonds. The smallest absolute Gasteiger partial charge is 0.269 e. The van der Waals surface area contributed by atoms with Crippen molar-refractivity contribution in [3.63, 3.8) is 0 Å². The molecule has 6 nitrogen and oxygen atoms in total. The number of nitro benzene ring substituents is 1. The molecule has 9 heteroatoms. The van der Waals surface area contributed by atoms with Crippen LogP contribution in [0.1, 0.15) is 10.8 Å². The number of hydrogen-bond acceptors (Lipinski definition) is 6. The molecular formula is C22H11Cl2N3O3S. The standard InChI is InChI=1S/C22H11Cl2N3O3S/c23-15-3-7-18(19(24)10-15)21-8-6-17(30-21)9-14(11-25)22-26-20(12-31-22)13-1-4-16(5-2-13)27(28)29/h1-10,12H/b14-9+. The van der Waals surface area contributed by atoms with Crippen molar-refractivity contribution >= 4 is 51.9 Å². The summed E-state index contributed by atoms with van der Waals surface area (Å²) in [7, 11) is 0. The molecule has 2 aromatic heterocycles. The third-order valence-corrected chi connectivity index (χ3v) is 5.76. The maximum absolute atomic E-state index is 10.8. The zero-order valence-corrected chi connectivity index (χ0v) is 17.9. The summed E-state index contributed by atoms with van der Waals surface area (Å²) in [4.78, 5) is 14.8. The summed E-state index contributed by atoms with van der Waals surface area (Å²) in [5, 5.41) is 23.7. The number of benzene rings is 2. The van der Waals surface area contributed by atoms with Gasteiger partial charge in [0.15, 0.2) is 0 Å². The van der Waals surface area contributed by atoms with E-state index in [1.54, 1.807) is 53.9 Å². The van der Waals surface area contributed by atoms with Crippen LogP contribution in [0.25, 0.3) is 34.2 Å². The Hall–Kier alpha value is -3.44. The van der Waals surface area contributed by atoms with Crippen LogP contribution in [0.5, 0.6) is 0 Å². The van der Waals surface area contributed by atoms with E-state index in [0.717, 1.165) is 5.56 Å². The van der Waals surface area contributed by atoms with Crippen LogP contribution in [0.4, 0.5) is 5.69 Å². The Kier molecular flexibility index (Phi) is 5.87. The van der Waals surface area contributed by atoms with E-state index in [1.165, 1.54) is 23.5 Å². The van der Waals surface area contributed by atoms with Gasteiger partial charge in [0.25, 0.3) is 5.69 Å². The molecule has 2 aromatic carbocycles. The van der Waals surface area contributed by atoms with Gasteiger partial charge in [-0.15, -0.1) is 11.3 Å². The Bertz CT molecular complexity index is 1350. The number of nitriles is 1. The lowest BCUT2D eigenvalue weighted by Gasteiger charge is -2.01. The molecular weight excluding hydrogens is 457 g/mol. The van der Waals surface area contributed by atoms with Crippen LogP contribution in [-0.4, -0.2) is 9.91 Å². The van der Waals surface area contributed by atoms with Crippen molar-refractivity contribution in [2.45, 2.75) is 0 Å². The second-order valence-corrected chi connectivity index (χ2v) is 8.04. The third kappa shape index (κ3) is 4.52. The average Bonchev–Trinajstić information content (AvgIpc) is 3.42. The van der Waals surface area contributed by atoms with Crippen molar-refractivity contribution in [3.8, 4) is 28.7 Å². The van der Waals surface area contributed by atoms with Crippen LogP contribution in [0.15, 0.2) is 64.4 Å². The van der Waals surface area contributed by atoms with Gasteiger partial charge in [-0.25, -0.2) is 4.98 Å². The minimum absolute atomic E-state index is 0.00577. The fourth-order valence-corrected chi connectivity index (χ4v) is 4.13. The summed E-state index contributed by atoms with van der Waals surface area (Å²) in [6.07, 6.45) is 1.60. The van der Waals surface area contributed by atoms with Crippen LogP contribution in [0.2, 0.25) is 10.0 Å². The first-order chi connectivity index (χ1) is 14.9. The molecule has 0 saturated heterocycles. The molecule has 152 valence electrons. The Balaban J connectivity index is 1.61. The van der Waals surface area contributed by atoms with Crippen molar-refractivity contribution < 1.29 is 9.34 Å². The van der Waals surface area contributed by atoms with Gasteiger partial charge >= 0.3 is 0 Å². The van der Waals surface area contributed by atoms with Crippen molar-refractivity contribution in [2.24, 2.45) is 0 Å².